The first-order valence-electron chi connectivity index (χ1n) is 8.74. The average Bonchev–Trinajstić information content (AvgIpc) is 2.72. The van der Waals surface area contributed by atoms with Crippen molar-refractivity contribution >= 4 is 18.4 Å². The van der Waals surface area contributed by atoms with E-state index in [9.17, 15) is 4.79 Å². The van der Waals surface area contributed by atoms with E-state index in [1.54, 1.807) is 13.2 Å². The maximum absolute atomic E-state index is 11.8. The third kappa shape index (κ3) is 4.56. The van der Waals surface area contributed by atoms with Gasteiger partial charge in [-0.3, -0.25) is 4.79 Å². The highest BCUT2D eigenvalue weighted by Gasteiger charge is 2.52. The standard InChI is InChI=1S/C19H29BO5/c1-13(2)10-14(21)12-23-15-8-9-16(17(11-15)22-7)20-24-18(3,4)19(5,6)25-20/h8-9,11,13H,10,12H2,1-7H3. The molecule has 0 bridgehead atoms. The Balaban J connectivity index is 2.11. The van der Waals surface area contributed by atoms with E-state index in [2.05, 4.69) is 0 Å². The Hall–Kier alpha value is -1.53. The number of Topliss-reactive ketones (excluding diaryl/α,β-unsaturated/α-hetero) is 1. The van der Waals surface area contributed by atoms with E-state index >= 15 is 0 Å². The van der Waals surface area contributed by atoms with Crippen molar-refractivity contribution in [1.29, 1.82) is 0 Å². The van der Waals surface area contributed by atoms with Crippen LogP contribution in [0.5, 0.6) is 11.5 Å². The normalized spacial score (nSPS) is 18.5. The van der Waals surface area contributed by atoms with Gasteiger partial charge in [-0.15, -0.1) is 0 Å². The van der Waals surface area contributed by atoms with Gasteiger partial charge in [0.2, 0.25) is 0 Å². The number of ketones is 1. The number of hydrogen-bond acceptors (Lipinski definition) is 5. The van der Waals surface area contributed by atoms with Gasteiger partial charge in [-0.2, -0.15) is 0 Å². The molecule has 0 N–H and O–H groups in total. The van der Waals surface area contributed by atoms with Gasteiger partial charge < -0.3 is 18.8 Å². The molecule has 1 aliphatic rings. The van der Waals surface area contributed by atoms with Gasteiger partial charge in [0.15, 0.2) is 5.78 Å². The molecule has 0 unspecified atom stereocenters. The van der Waals surface area contributed by atoms with E-state index < -0.39 is 18.3 Å². The predicted molar refractivity (Wildman–Crippen MR) is 98.7 cm³/mol. The maximum atomic E-state index is 11.8. The summed E-state index contributed by atoms with van der Waals surface area (Å²) in [5, 5.41) is 0. The summed E-state index contributed by atoms with van der Waals surface area (Å²) >= 11 is 0. The van der Waals surface area contributed by atoms with Crippen molar-refractivity contribution < 1.29 is 23.6 Å². The van der Waals surface area contributed by atoms with Crippen LogP contribution in [0.3, 0.4) is 0 Å². The molecule has 25 heavy (non-hydrogen) atoms. The van der Waals surface area contributed by atoms with Crippen LogP contribution >= 0.6 is 0 Å². The average molecular weight is 348 g/mol. The highest BCUT2D eigenvalue weighted by molar-refractivity contribution is 6.63. The van der Waals surface area contributed by atoms with E-state index in [1.165, 1.54) is 0 Å². The Labute approximate surface area is 151 Å². The summed E-state index contributed by atoms with van der Waals surface area (Å²) in [5.74, 6) is 1.63. The number of hydrogen-bond donors (Lipinski definition) is 0. The first-order valence-corrected chi connectivity index (χ1v) is 8.74. The highest BCUT2D eigenvalue weighted by atomic mass is 16.7. The summed E-state index contributed by atoms with van der Waals surface area (Å²) in [6.45, 7) is 12.1. The molecule has 1 saturated heterocycles. The summed E-state index contributed by atoms with van der Waals surface area (Å²) in [5.41, 5.74) is -0.0237. The van der Waals surface area contributed by atoms with Gasteiger partial charge in [0.25, 0.3) is 0 Å². The van der Waals surface area contributed by atoms with E-state index in [-0.39, 0.29) is 12.4 Å². The number of ether oxygens (including phenoxy) is 2. The number of carbonyl (C=O) groups is 1. The molecule has 0 amide bonds. The van der Waals surface area contributed by atoms with Crippen LogP contribution in [0.25, 0.3) is 0 Å². The number of methoxy groups -OCH3 is 1. The molecule has 1 heterocycles. The van der Waals surface area contributed by atoms with Gasteiger partial charge in [-0.1, -0.05) is 19.9 Å². The fraction of sp³-hybridized carbons (Fsp3) is 0.632. The van der Waals surface area contributed by atoms with Crippen LogP contribution in [0.2, 0.25) is 0 Å². The molecule has 0 atom stereocenters. The van der Waals surface area contributed by atoms with Gasteiger partial charge in [0.1, 0.15) is 18.1 Å². The molecule has 1 aromatic rings. The minimum Gasteiger partial charge on any atom is -0.497 e. The van der Waals surface area contributed by atoms with E-state index in [1.807, 2.05) is 53.7 Å². The summed E-state index contributed by atoms with van der Waals surface area (Å²) in [6.07, 6.45) is 0.517. The van der Waals surface area contributed by atoms with Crippen LogP contribution in [0, 0.1) is 5.92 Å². The van der Waals surface area contributed by atoms with Crippen LogP contribution < -0.4 is 14.9 Å². The minimum atomic E-state index is -0.503. The van der Waals surface area contributed by atoms with Crippen molar-refractivity contribution in [1.82, 2.24) is 0 Å². The lowest BCUT2D eigenvalue weighted by Gasteiger charge is -2.32. The third-order valence-corrected chi connectivity index (χ3v) is 4.75. The van der Waals surface area contributed by atoms with Gasteiger partial charge >= 0.3 is 7.12 Å². The van der Waals surface area contributed by atoms with Crippen molar-refractivity contribution in [2.45, 2.75) is 59.2 Å². The second-order valence-corrected chi connectivity index (χ2v) is 7.92. The quantitative estimate of drug-likeness (QED) is 0.709. The molecule has 5 nitrogen and oxygen atoms in total. The summed E-state index contributed by atoms with van der Waals surface area (Å²) < 4.78 is 23.2. The van der Waals surface area contributed by atoms with Crippen LogP contribution in [0.15, 0.2) is 18.2 Å². The fourth-order valence-electron chi connectivity index (χ4n) is 2.62. The van der Waals surface area contributed by atoms with Crippen molar-refractivity contribution in [2.75, 3.05) is 13.7 Å². The van der Waals surface area contributed by atoms with Crippen LogP contribution in [-0.4, -0.2) is 37.8 Å². The predicted octanol–water partition coefficient (Wildman–Crippen LogP) is 2.99. The molecule has 0 saturated carbocycles. The molecule has 0 aromatic heterocycles. The molecular weight excluding hydrogens is 319 g/mol. The van der Waals surface area contributed by atoms with Crippen molar-refractivity contribution in [3.8, 4) is 11.5 Å². The third-order valence-electron chi connectivity index (χ3n) is 4.75. The van der Waals surface area contributed by atoms with Crippen molar-refractivity contribution in [3.05, 3.63) is 18.2 Å². The molecule has 0 spiro atoms. The first-order chi connectivity index (χ1) is 11.6. The Kier molecular flexibility index (Phi) is 5.84. The Morgan fingerprint density at radius 3 is 2.28 bits per heavy atom. The topological polar surface area (TPSA) is 54.0 Å². The minimum absolute atomic E-state index is 0.0666. The zero-order valence-electron chi connectivity index (χ0n) is 16.3. The lowest BCUT2D eigenvalue weighted by molar-refractivity contribution is -0.121. The monoisotopic (exact) mass is 348 g/mol. The highest BCUT2D eigenvalue weighted by Crippen LogP contribution is 2.37. The maximum Gasteiger partial charge on any atom is 0.498 e. The number of benzene rings is 1. The second kappa shape index (κ2) is 7.38. The summed E-state index contributed by atoms with van der Waals surface area (Å²) in [7, 11) is 1.09. The van der Waals surface area contributed by atoms with E-state index in [0.29, 0.717) is 23.8 Å². The lowest BCUT2D eigenvalue weighted by atomic mass is 9.78. The van der Waals surface area contributed by atoms with E-state index in [0.717, 1.165) is 5.46 Å². The van der Waals surface area contributed by atoms with Gasteiger partial charge in [0, 0.05) is 17.9 Å². The molecule has 0 aliphatic carbocycles. The molecule has 1 fully saturated rings. The summed E-state index contributed by atoms with van der Waals surface area (Å²) in [4.78, 5) is 11.8. The Morgan fingerprint density at radius 2 is 1.76 bits per heavy atom. The van der Waals surface area contributed by atoms with Gasteiger partial charge in [0.05, 0.1) is 18.3 Å². The number of carbonyl (C=O) groups excluding carboxylic acids is 1. The first kappa shape index (κ1) is 19.8. The molecule has 138 valence electrons. The van der Waals surface area contributed by atoms with Gasteiger partial charge in [-0.05, 0) is 39.7 Å². The molecule has 1 aromatic carbocycles. The lowest BCUT2D eigenvalue weighted by Crippen LogP contribution is -2.41. The van der Waals surface area contributed by atoms with E-state index in [4.69, 9.17) is 18.8 Å². The smallest absolute Gasteiger partial charge is 0.497 e. The molecule has 2 rings (SSSR count). The van der Waals surface area contributed by atoms with Crippen molar-refractivity contribution in [2.24, 2.45) is 5.92 Å². The zero-order chi connectivity index (χ0) is 18.8. The van der Waals surface area contributed by atoms with Crippen LogP contribution in [0.1, 0.15) is 48.0 Å². The van der Waals surface area contributed by atoms with Crippen LogP contribution in [0.4, 0.5) is 0 Å². The largest absolute Gasteiger partial charge is 0.498 e. The van der Waals surface area contributed by atoms with Crippen molar-refractivity contribution in [3.63, 3.8) is 0 Å². The molecule has 1 aliphatic heterocycles. The second-order valence-electron chi connectivity index (χ2n) is 7.92. The summed E-state index contributed by atoms with van der Waals surface area (Å²) in [6, 6.07) is 5.44. The zero-order valence-corrected chi connectivity index (χ0v) is 16.3. The SMILES string of the molecule is COc1cc(OCC(=O)CC(C)C)ccc1B1OC(C)(C)C(C)(C)O1. The number of rotatable bonds is 7. The molecular formula is C19H29BO5. The fourth-order valence-corrected chi connectivity index (χ4v) is 2.62. The van der Waals surface area contributed by atoms with Gasteiger partial charge in [-0.25, -0.2) is 0 Å². The Bertz CT molecular complexity index is 608. The molecule has 6 heteroatoms. The van der Waals surface area contributed by atoms with Crippen LogP contribution in [-0.2, 0) is 14.1 Å². The molecule has 0 radical (unpaired) electrons. The Morgan fingerprint density at radius 1 is 1.16 bits per heavy atom.